The Morgan fingerprint density at radius 2 is 2.19 bits per heavy atom. The molecule has 1 aliphatic heterocycles. The Kier molecular flexibility index (Phi) is 3.95. The van der Waals surface area contributed by atoms with E-state index in [2.05, 4.69) is 6.92 Å². The first-order valence-electron chi connectivity index (χ1n) is 5.43. The molecule has 1 aliphatic rings. The van der Waals surface area contributed by atoms with E-state index in [0.29, 0.717) is 22.8 Å². The van der Waals surface area contributed by atoms with Gasteiger partial charge < -0.3 is 9.47 Å². The summed E-state index contributed by atoms with van der Waals surface area (Å²) in [6, 6.07) is 3.62. The van der Waals surface area contributed by atoms with Crippen LogP contribution >= 0.6 is 23.2 Å². The van der Waals surface area contributed by atoms with Crippen molar-refractivity contribution in [1.29, 1.82) is 0 Å². The molecule has 1 aromatic carbocycles. The summed E-state index contributed by atoms with van der Waals surface area (Å²) in [4.78, 5) is 0. The molecule has 0 aliphatic carbocycles. The van der Waals surface area contributed by atoms with Crippen LogP contribution in [0.1, 0.15) is 18.9 Å². The van der Waals surface area contributed by atoms with Crippen LogP contribution in [-0.2, 0) is 11.2 Å². The predicted molar refractivity (Wildman–Crippen MR) is 65.7 cm³/mol. The van der Waals surface area contributed by atoms with E-state index in [1.165, 1.54) is 0 Å². The molecular formula is C12H14Cl2O2. The highest BCUT2D eigenvalue weighted by Gasteiger charge is 2.25. The van der Waals surface area contributed by atoms with Gasteiger partial charge >= 0.3 is 0 Å². The van der Waals surface area contributed by atoms with Crippen LogP contribution in [0.3, 0.4) is 0 Å². The van der Waals surface area contributed by atoms with E-state index in [0.717, 1.165) is 30.8 Å². The van der Waals surface area contributed by atoms with Gasteiger partial charge in [0.05, 0.1) is 24.3 Å². The summed E-state index contributed by atoms with van der Waals surface area (Å²) in [7, 11) is 0. The second-order valence-corrected chi connectivity index (χ2v) is 4.73. The average Bonchev–Trinajstić information content (AvgIpc) is 3.00. The van der Waals surface area contributed by atoms with E-state index < -0.39 is 0 Å². The van der Waals surface area contributed by atoms with E-state index in [1.54, 1.807) is 6.07 Å². The number of rotatable bonds is 5. The maximum absolute atomic E-state index is 6.12. The fraction of sp³-hybridized carbons (Fsp3) is 0.500. The monoisotopic (exact) mass is 260 g/mol. The molecule has 4 heteroatoms. The Balaban J connectivity index is 2.22. The van der Waals surface area contributed by atoms with Gasteiger partial charge in [-0.25, -0.2) is 0 Å². The van der Waals surface area contributed by atoms with Gasteiger partial charge in [0.15, 0.2) is 0 Å². The highest BCUT2D eigenvalue weighted by molar-refractivity contribution is 6.35. The van der Waals surface area contributed by atoms with Gasteiger partial charge in [-0.05, 0) is 24.1 Å². The lowest BCUT2D eigenvalue weighted by Crippen LogP contribution is -2.02. The third-order valence-electron chi connectivity index (χ3n) is 2.39. The van der Waals surface area contributed by atoms with E-state index >= 15 is 0 Å². The van der Waals surface area contributed by atoms with Crippen molar-refractivity contribution >= 4 is 23.2 Å². The highest BCUT2D eigenvalue weighted by Crippen LogP contribution is 2.34. The lowest BCUT2D eigenvalue weighted by molar-refractivity contribution is 0.312. The zero-order chi connectivity index (χ0) is 11.5. The summed E-state index contributed by atoms with van der Waals surface area (Å²) in [6.07, 6.45) is 2.08. The first-order valence-corrected chi connectivity index (χ1v) is 6.18. The molecule has 1 atom stereocenters. The summed E-state index contributed by atoms with van der Waals surface area (Å²) < 4.78 is 10.9. The maximum atomic E-state index is 6.12. The molecule has 1 unspecified atom stereocenters. The van der Waals surface area contributed by atoms with Crippen molar-refractivity contribution in [3.8, 4) is 5.75 Å². The van der Waals surface area contributed by atoms with Crippen molar-refractivity contribution in [2.75, 3.05) is 13.2 Å². The number of epoxide rings is 1. The minimum absolute atomic E-state index is 0.304. The topological polar surface area (TPSA) is 21.8 Å². The average molecular weight is 261 g/mol. The molecule has 0 spiro atoms. The molecule has 2 rings (SSSR count). The first-order chi connectivity index (χ1) is 7.70. The maximum Gasteiger partial charge on any atom is 0.141 e. The zero-order valence-electron chi connectivity index (χ0n) is 9.13. The Labute approximate surface area is 105 Å². The number of hydrogen-bond donors (Lipinski definition) is 0. The lowest BCUT2D eigenvalue weighted by atomic mass is 10.1. The van der Waals surface area contributed by atoms with Gasteiger partial charge in [0.1, 0.15) is 5.75 Å². The summed E-state index contributed by atoms with van der Waals surface area (Å²) in [6.45, 7) is 3.55. The molecule has 88 valence electrons. The molecule has 16 heavy (non-hydrogen) atoms. The van der Waals surface area contributed by atoms with Crippen molar-refractivity contribution in [2.24, 2.45) is 0 Å². The van der Waals surface area contributed by atoms with E-state index in [9.17, 15) is 0 Å². The molecule has 1 heterocycles. The number of ether oxygens (including phenoxy) is 2. The predicted octanol–water partition coefficient (Wildman–Crippen LogP) is 3.72. The number of benzene rings is 1. The molecule has 0 radical (unpaired) electrons. The largest absolute Gasteiger partial charge is 0.492 e. The normalized spacial score (nSPS) is 18.6. The quantitative estimate of drug-likeness (QED) is 0.753. The summed E-state index contributed by atoms with van der Waals surface area (Å²) >= 11 is 12.1. The summed E-state index contributed by atoms with van der Waals surface area (Å²) in [5.74, 6) is 0.753. The van der Waals surface area contributed by atoms with E-state index in [4.69, 9.17) is 32.7 Å². The van der Waals surface area contributed by atoms with Crippen LogP contribution in [0.25, 0.3) is 0 Å². The van der Waals surface area contributed by atoms with Crippen LogP contribution < -0.4 is 4.74 Å². The van der Waals surface area contributed by atoms with Gasteiger partial charge in [0.2, 0.25) is 0 Å². The molecule has 1 saturated heterocycles. The Bertz CT molecular complexity index is 376. The number of hydrogen-bond acceptors (Lipinski definition) is 2. The Morgan fingerprint density at radius 1 is 1.44 bits per heavy atom. The minimum atomic E-state index is 0.304. The van der Waals surface area contributed by atoms with Gasteiger partial charge in [-0.3, -0.25) is 0 Å². The van der Waals surface area contributed by atoms with Crippen LogP contribution in [-0.4, -0.2) is 19.3 Å². The van der Waals surface area contributed by atoms with Crippen LogP contribution in [0.4, 0.5) is 0 Å². The van der Waals surface area contributed by atoms with E-state index in [-0.39, 0.29) is 0 Å². The van der Waals surface area contributed by atoms with Crippen LogP contribution in [0.5, 0.6) is 5.75 Å². The van der Waals surface area contributed by atoms with Gasteiger partial charge in [0.25, 0.3) is 0 Å². The second kappa shape index (κ2) is 5.26. The zero-order valence-corrected chi connectivity index (χ0v) is 10.6. The highest BCUT2D eigenvalue weighted by atomic mass is 35.5. The van der Waals surface area contributed by atoms with Gasteiger partial charge in [-0.1, -0.05) is 30.1 Å². The van der Waals surface area contributed by atoms with Gasteiger partial charge in [-0.15, -0.1) is 0 Å². The van der Waals surface area contributed by atoms with Gasteiger partial charge in [0, 0.05) is 11.4 Å². The lowest BCUT2D eigenvalue weighted by Gasteiger charge is -2.12. The summed E-state index contributed by atoms with van der Waals surface area (Å²) in [5, 5.41) is 1.22. The standard InChI is InChI=1S/C12H14Cl2O2/c1-2-3-15-12-8(5-10-7-16-10)4-9(13)6-11(12)14/h4,6,10H,2-3,5,7H2,1H3. The molecule has 1 fully saturated rings. The Morgan fingerprint density at radius 3 is 2.81 bits per heavy atom. The first kappa shape index (κ1) is 12.0. The second-order valence-electron chi connectivity index (χ2n) is 3.88. The Hall–Kier alpha value is -0.440. The van der Waals surface area contributed by atoms with Crippen molar-refractivity contribution < 1.29 is 9.47 Å². The summed E-state index contributed by atoms with van der Waals surface area (Å²) in [5.41, 5.74) is 1.04. The molecule has 0 saturated carbocycles. The molecule has 0 amide bonds. The van der Waals surface area contributed by atoms with Crippen molar-refractivity contribution in [3.05, 3.63) is 27.7 Å². The molecule has 2 nitrogen and oxygen atoms in total. The van der Waals surface area contributed by atoms with Crippen molar-refractivity contribution in [2.45, 2.75) is 25.9 Å². The van der Waals surface area contributed by atoms with Crippen LogP contribution in [0, 0.1) is 0 Å². The van der Waals surface area contributed by atoms with E-state index in [1.807, 2.05) is 6.07 Å². The SMILES string of the molecule is CCCOc1c(Cl)cc(Cl)cc1CC1CO1. The fourth-order valence-electron chi connectivity index (χ4n) is 1.56. The smallest absolute Gasteiger partial charge is 0.141 e. The molecular weight excluding hydrogens is 247 g/mol. The third kappa shape index (κ3) is 3.03. The molecule has 0 N–H and O–H groups in total. The third-order valence-corrected chi connectivity index (χ3v) is 2.88. The minimum Gasteiger partial charge on any atom is -0.492 e. The number of halogens is 2. The molecule has 1 aromatic rings. The van der Waals surface area contributed by atoms with Gasteiger partial charge in [-0.2, -0.15) is 0 Å². The molecule has 0 aromatic heterocycles. The van der Waals surface area contributed by atoms with Crippen molar-refractivity contribution in [1.82, 2.24) is 0 Å². The van der Waals surface area contributed by atoms with Crippen molar-refractivity contribution in [3.63, 3.8) is 0 Å². The van der Waals surface area contributed by atoms with Crippen LogP contribution in [0.15, 0.2) is 12.1 Å². The molecule has 0 bridgehead atoms. The van der Waals surface area contributed by atoms with Crippen LogP contribution in [0.2, 0.25) is 10.0 Å². The fourth-order valence-corrected chi connectivity index (χ4v) is 2.15.